The summed E-state index contributed by atoms with van der Waals surface area (Å²) in [6, 6.07) is 0. The third-order valence-corrected chi connectivity index (χ3v) is 4.71. The highest BCUT2D eigenvalue weighted by Gasteiger charge is 2.26. The van der Waals surface area contributed by atoms with Crippen LogP contribution in [-0.4, -0.2) is 42.4 Å². The zero-order valence-corrected chi connectivity index (χ0v) is 15.3. The maximum atomic E-state index is 12.2. The van der Waals surface area contributed by atoms with Crippen molar-refractivity contribution in [3.8, 4) is 23.0 Å². The van der Waals surface area contributed by atoms with E-state index in [2.05, 4.69) is 31.7 Å². The summed E-state index contributed by atoms with van der Waals surface area (Å²) in [7, 11) is 0. The Labute approximate surface area is 156 Å². The van der Waals surface area contributed by atoms with E-state index in [9.17, 15) is 4.79 Å². The molecule has 8 nitrogen and oxygen atoms in total. The van der Waals surface area contributed by atoms with Gasteiger partial charge in [0.25, 0.3) is 5.89 Å². The quantitative estimate of drug-likeness (QED) is 0.714. The third-order valence-electron chi connectivity index (χ3n) is 4.71. The van der Waals surface area contributed by atoms with Crippen molar-refractivity contribution < 1.29 is 9.32 Å². The molecule has 0 radical (unpaired) electrons. The van der Waals surface area contributed by atoms with Gasteiger partial charge in [-0.25, -0.2) is 4.98 Å². The van der Waals surface area contributed by atoms with Gasteiger partial charge in [0, 0.05) is 37.0 Å². The van der Waals surface area contributed by atoms with Gasteiger partial charge in [-0.05, 0) is 31.4 Å². The van der Waals surface area contributed by atoms with Crippen molar-refractivity contribution in [1.29, 1.82) is 0 Å². The first-order chi connectivity index (χ1) is 13.1. The molecule has 0 unspecified atom stereocenters. The van der Waals surface area contributed by atoms with Gasteiger partial charge in [-0.15, -0.1) is 6.58 Å². The summed E-state index contributed by atoms with van der Waals surface area (Å²) < 4.78 is 5.42. The summed E-state index contributed by atoms with van der Waals surface area (Å²) in [5, 5.41) is 4.16. The van der Waals surface area contributed by atoms with E-state index in [0.717, 1.165) is 34.6 Å². The summed E-state index contributed by atoms with van der Waals surface area (Å²) in [6.07, 6.45) is 6.21. The van der Waals surface area contributed by atoms with Crippen molar-refractivity contribution in [2.24, 2.45) is 0 Å². The number of aromatic nitrogens is 5. The second-order valence-electron chi connectivity index (χ2n) is 6.59. The van der Waals surface area contributed by atoms with Gasteiger partial charge < -0.3 is 14.4 Å². The maximum absolute atomic E-state index is 12.2. The van der Waals surface area contributed by atoms with E-state index in [-0.39, 0.29) is 5.91 Å². The van der Waals surface area contributed by atoms with E-state index in [1.165, 1.54) is 0 Å². The van der Waals surface area contributed by atoms with Crippen LogP contribution in [0.4, 0.5) is 0 Å². The number of H-pyrrole nitrogens is 1. The highest BCUT2D eigenvalue weighted by Crippen LogP contribution is 2.31. The zero-order valence-electron chi connectivity index (χ0n) is 15.3. The average molecular weight is 364 g/mol. The molecule has 1 aliphatic heterocycles. The minimum absolute atomic E-state index is 0.0780. The SMILES string of the molecule is C=CCC(=O)N1CCc2c(cnc(C)c2-c2noc(-c3cnc(C)[nH]3)n2)C1. The molecule has 0 fully saturated rings. The Morgan fingerprint density at radius 1 is 1.37 bits per heavy atom. The lowest BCUT2D eigenvalue weighted by molar-refractivity contribution is -0.131. The van der Waals surface area contributed by atoms with E-state index < -0.39 is 0 Å². The molecule has 0 saturated carbocycles. The minimum Gasteiger partial charge on any atom is -0.338 e. The van der Waals surface area contributed by atoms with Gasteiger partial charge in [-0.2, -0.15) is 4.98 Å². The van der Waals surface area contributed by atoms with E-state index in [1.54, 1.807) is 12.3 Å². The molecule has 1 amide bonds. The number of hydrogen-bond acceptors (Lipinski definition) is 6. The van der Waals surface area contributed by atoms with Gasteiger partial charge in [0.15, 0.2) is 0 Å². The van der Waals surface area contributed by atoms with Gasteiger partial charge in [0.1, 0.15) is 11.5 Å². The largest absolute Gasteiger partial charge is 0.338 e. The number of pyridine rings is 1. The first kappa shape index (κ1) is 17.1. The summed E-state index contributed by atoms with van der Waals surface area (Å²) >= 11 is 0. The molecule has 0 aromatic carbocycles. The Balaban J connectivity index is 1.69. The lowest BCUT2D eigenvalue weighted by Gasteiger charge is -2.29. The normalized spacial score (nSPS) is 13.5. The first-order valence-corrected chi connectivity index (χ1v) is 8.79. The maximum Gasteiger partial charge on any atom is 0.276 e. The molecule has 0 saturated heterocycles. The zero-order chi connectivity index (χ0) is 19.0. The summed E-state index contributed by atoms with van der Waals surface area (Å²) in [4.78, 5) is 30.3. The fraction of sp³-hybridized carbons (Fsp3) is 0.316. The van der Waals surface area contributed by atoms with E-state index in [4.69, 9.17) is 4.52 Å². The number of aryl methyl sites for hydroxylation is 2. The number of imidazole rings is 1. The first-order valence-electron chi connectivity index (χ1n) is 8.79. The monoisotopic (exact) mass is 364 g/mol. The number of nitrogens with zero attached hydrogens (tertiary/aromatic N) is 5. The average Bonchev–Trinajstić information content (AvgIpc) is 3.30. The summed E-state index contributed by atoms with van der Waals surface area (Å²) in [5.41, 5.74) is 4.55. The molecule has 138 valence electrons. The van der Waals surface area contributed by atoms with Crippen LogP contribution < -0.4 is 0 Å². The Morgan fingerprint density at radius 3 is 2.96 bits per heavy atom. The minimum atomic E-state index is 0.0780. The number of carbonyl (C=O) groups is 1. The molecule has 0 bridgehead atoms. The third kappa shape index (κ3) is 3.14. The number of hydrogen-bond donors (Lipinski definition) is 1. The van der Waals surface area contributed by atoms with Crippen LogP contribution in [-0.2, 0) is 17.8 Å². The fourth-order valence-corrected chi connectivity index (χ4v) is 3.38. The summed E-state index contributed by atoms with van der Waals surface area (Å²) in [5.74, 6) is 1.75. The van der Waals surface area contributed by atoms with Crippen molar-refractivity contribution >= 4 is 5.91 Å². The van der Waals surface area contributed by atoms with Crippen LogP contribution in [0.3, 0.4) is 0 Å². The predicted molar refractivity (Wildman–Crippen MR) is 98.5 cm³/mol. The Hall–Kier alpha value is -3.29. The highest BCUT2D eigenvalue weighted by atomic mass is 16.5. The number of aromatic amines is 1. The number of amides is 1. The van der Waals surface area contributed by atoms with Crippen LogP contribution in [0.25, 0.3) is 23.0 Å². The number of nitrogens with one attached hydrogen (secondary N) is 1. The highest BCUT2D eigenvalue weighted by molar-refractivity contribution is 5.78. The van der Waals surface area contributed by atoms with E-state index in [1.807, 2.05) is 24.9 Å². The van der Waals surface area contributed by atoms with Crippen LogP contribution in [0.2, 0.25) is 0 Å². The molecule has 8 heteroatoms. The van der Waals surface area contributed by atoms with Crippen molar-refractivity contribution in [2.75, 3.05) is 6.54 Å². The topological polar surface area (TPSA) is 101 Å². The number of carbonyl (C=O) groups excluding carboxylic acids is 1. The number of rotatable bonds is 4. The summed E-state index contributed by atoms with van der Waals surface area (Å²) in [6.45, 7) is 8.62. The van der Waals surface area contributed by atoms with Crippen LogP contribution in [0.15, 0.2) is 29.6 Å². The van der Waals surface area contributed by atoms with Crippen LogP contribution in [0.5, 0.6) is 0 Å². The smallest absolute Gasteiger partial charge is 0.276 e. The second kappa shape index (κ2) is 6.79. The molecule has 0 aliphatic carbocycles. The lowest BCUT2D eigenvalue weighted by atomic mass is 9.94. The van der Waals surface area contributed by atoms with E-state index >= 15 is 0 Å². The lowest BCUT2D eigenvalue weighted by Crippen LogP contribution is -2.36. The molecule has 3 aromatic heterocycles. The van der Waals surface area contributed by atoms with Crippen molar-refractivity contribution in [3.63, 3.8) is 0 Å². The van der Waals surface area contributed by atoms with Gasteiger partial charge >= 0.3 is 0 Å². The molecular formula is C19H20N6O2. The van der Waals surface area contributed by atoms with Crippen LogP contribution in [0, 0.1) is 13.8 Å². The molecule has 0 spiro atoms. The van der Waals surface area contributed by atoms with Crippen molar-refractivity contribution in [2.45, 2.75) is 33.2 Å². The molecule has 1 aliphatic rings. The van der Waals surface area contributed by atoms with Gasteiger partial charge in [-0.1, -0.05) is 11.2 Å². The molecule has 0 atom stereocenters. The van der Waals surface area contributed by atoms with Crippen molar-refractivity contribution in [1.82, 2.24) is 30.0 Å². The molecule has 3 aromatic rings. The fourth-order valence-electron chi connectivity index (χ4n) is 3.38. The van der Waals surface area contributed by atoms with Crippen molar-refractivity contribution in [3.05, 3.63) is 47.7 Å². The van der Waals surface area contributed by atoms with Gasteiger partial charge in [-0.3, -0.25) is 9.78 Å². The standard InChI is InChI=1S/C19H20N6O2/c1-4-5-16(26)25-7-6-14-13(10-25)8-20-11(2)17(14)18-23-19(27-24-18)15-9-21-12(3)22-15/h4,8-9H,1,5-7,10H2,2-3H3,(H,21,22). The van der Waals surface area contributed by atoms with Gasteiger partial charge in [0.05, 0.1) is 6.20 Å². The second-order valence-corrected chi connectivity index (χ2v) is 6.59. The Bertz CT molecular complexity index is 1020. The molecule has 4 heterocycles. The molecule has 27 heavy (non-hydrogen) atoms. The molecule has 4 rings (SSSR count). The van der Waals surface area contributed by atoms with Crippen LogP contribution in [0.1, 0.15) is 29.1 Å². The van der Waals surface area contributed by atoms with Crippen LogP contribution >= 0.6 is 0 Å². The predicted octanol–water partition coefficient (Wildman–Crippen LogP) is 2.60. The Kier molecular flexibility index (Phi) is 4.31. The Morgan fingerprint density at radius 2 is 2.22 bits per heavy atom. The van der Waals surface area contributed by atoms with E-state index in [0.29, 0.717) is 36.9 Å². The molecular weight excluding hydrogens is 344 g/mol. The molecule has 1 N–H and O–H groups in total. The number of fused-ring (bicyclic) bond motifs is 1. The van der Waals surface area contributed by atoms with Gasteiger partial charge in [0.2, 0.25) is 11.7 Å².